The zero-order chi connectivity index (χ0) is 15.5. The zero-order valence-corrected chi connectivity index (χ0v) is 12.2. The van der Waals surface area contributed by atoms with Crippen LogP contribution in [0.3, 0.4) is 0 Å². The molecule has 2 amide bonds. The molecule has 21 heavy (non-hydrogen) atoms. The number of hydrogen-bond acceptors (Lipinski definition) is 4. The molecule has 1 saturated heterocycles. The number of carboxylic acid groups (broad SMARTS) is 1. The third kappa shape index (κ3) is 3.75. The molecule has 1 fully saturated rings. The van der Waals surface area contributed by atoms with Crippen molar-refractivity contribution in [3.63, 3.8) is 0 Å². The second-order valence-corrected chi connectivity index (χ2v) is 5.36. The molecule has 2 heterocycles. The first kappa shape index (κ1) is 15.4. The van der Waals surface area contributed by atoms with E-state index in [0.29, 0.717) is 26.2 Å². The molecule has 0 atom stereocenters. The van der Waals surface area contributed by atoms with Gasteiger partial charge in [0.25, 0.3) is 0 Å². The van der Waals surface area contributed by atoms with Crippen molar-refractivity contribution in [3.8, 4) is 0 Å². The summed E-state index contributed by atoms with van der Waals surface area (Å²) in [5, 5.41) is 8.62. The monoisotopic (exact) mass is 296 g/mol. The standard InChI is InChI=1S/C14H20N2O5/c1-3-15(7-11-5-4-6-20-11)13(19)16-9-14(2,10-16)21-8-12(17)18/h4-6H,3,7-10H2,1-2H3,(H,17,18). The smallest absolute Gasteiger partial charge is 0.329 e. The Morgan fingerprint density at radius 2 is 2.24 bits per heavy atom. The molecule has 1 aliphatic heterocycles. The Balaban J connectivity index is 1.85. The Morgan fingerprint density at radius 1 is 1.52 bits per heavy atom. The molecule has 1 aromatic heterocycles. The molecule has 0 saturated carbocycles. The van der Waals surface area contributed by atoms with Crippen LogP contribution in [-0.4, -0.2) is 58.7 Å². The van der Waals surface area contributed by atoms with Gasteiger partial charge in [0.2, 0.25) is 0 Å². The normalized spacial score (nSPS) is 16.4. The minimum atomic E-state index is -1.01. The lowest BCUT2D eigenvalue weighted by Gasteiger charge is -2.48. The number of amides is 2. The molecular formula is C14H20N2O5. The summed E-state index contributed by atoms with van der Waals surface area (Å²) in [6.45, 7) is 5.15. The lowest BCUT2D eigenvalue weighted by atomic mass is 9.97. The molecule has 116 valence electrons. The van der Waals surface area contributed by atoms with E-state index in [4.69, 9.17) is 14.3 Å². The van der Waals surface area contributed by atoms with Gasteiger partial charge < -0.3 is 24.1 Å². The lowest BCUT2D eigenvalue weighted by Crippen LogP contribution is -2.65. The number of nitrogens with zero attached hydrogens (tertiary/aromatic N) is 2. The van der Waals surface area contributed by atoms with Crippen LogP contribution < -0.4 is 0 Å². The number of carboxylic acids is 1. The van der Waals surface area contributed by atoms with Crippen LogP contribution in [0.4, 0.5) is 4.79 Å². The van der Waals surface area contributed by atoms with Crippen LogP contribution in [0, 0.1) is 0 Å². The van der Waals surface area contributed by atoms with Crippen LogP contribution >= 0.6 is 0 Å². The predicted octanol–water partition coefficient (Wildman–Crippen LogP) is 1.40. The number of hydrogen-bond donors (Lipinski definition) is 1. The van der Waals surface area contributed by atoms with Crippen molar-refractivity contribution in [3.05, 3.63) is 24.2 Å². The summed E-state index contributed by atoms with van der Waals surface area (Å²) in [6.07, 6.45) is 1.58. The topological polar surface area (TPSA) is 83.2 Å². The molecule has 7 nitrogen and oxygen atoms in total. The van der Waals surface area contributed by atoms with Crippen LogP contribution in [0.5, 0.6) is 0 Å². The Kier molecular flexibility index (Phi) is 4.52. The highest BCUT2D eigenvalue weighted by Crippen LogP contribution is 2.26. The number of furan rings is 1. The van der Waals surface area contributed by atoms with Crippen molar-refractivity contribution >= 4 is 12.0 Å². The average molecular weight is 296 g/mol. The van der Waals surface area contributed by atoms with Crippen molar-refractivity contribution in [2.45, 2.75) is 26.0 Å². The minimum absolute atomic E-state index is 0.0923. The first-order valence-electron chi connectivity index (χ1n) is 6.85. The van der Waals surface area contributed by atoms with Gasteiger partial charge in [-0.05, 0) is 26.0 Å². The van der Waals surface area contributed by atoms with E-state index in [1.54, 1.807) is 22.1 Å². The third-order valence-corrected chi connectivity index (χ3v) is 3.44. The fraction of sp³-hybridized carbons (Fsp3) is 0.571. The van der Waals surface area contributed by atoms with E-state index in [-0.39, 0.29) is 12.6 Å². The van der Waals surface area contributed by atoms with Gasteiger partial charge in [-0.25, -0.2) is 9.59 Å². The fourth-order valence-corrected chi connectivity index (χ4v) is 2.33. The fourth-order valence-electron chi connectivity index (χ4n) is 2.33. The summed E-state index contributed by atoms with van der Waals surface area (Å²) in [5.41, 5.74) is -0.571. The third-order valence-electron chi connectivity index (χ3n) is 3.44. The number of carbonyl (C=O) groups excluding carboxylic acids is 1. The van der Waals surface area contributed by atoms with E-state index in [2.05, 4.69) is 0 Å². The second kappa shape index (κ2) is 6.17. The maximum atomic E-state index is 12.3. The number of urea groups is 1. The molecule has 0 aromatic carbocycles. The quantitative estimate of drug-likeness (QED) is 0.858. The minimum Gasteiger partial charge on any atom is -0.480 e. The van der Waals surface area contributed by atoms with Gasteiger partial charge in [-0.2, -0.15) is 0 Å². The van der Waals surface area contributed by atoms with Crippen LogP contribution in [0.2, 0.25) is 0 Å². The Morgan fingerprint density at radius 3 is 2.76 bits per heavy atom. The van der Waals surface area contributed by atoms with E-state index >= 15 is 0 Å². The Bertz CT molecular complexity index is 493. The van der Waals surface area contributed by atoms with Gasteiger partial charge in [0.1, 0.15) is 18.0 Å². The van der Waals surface area contributed by atoms with Crippen LogP contribution in [-0.2, 0) is 16.1 Å². The van der Waals surface area contributed by atoms with E-state index in [1.165, 1.54) is 0 Å². The molecule has 0 bridgehead atoms. The van der Waals surface area contributed by atoms with Crippen molar-refractivity contribution < 1.29 is 23.8 Å². The van der Waals surface area contributed by atoms with Crippen molar-refractivity contribution in [1.82, 2.24) is 9.80 Å². The van der Waals surface area contributed by atoms with Gasteiger partial charge in [-0.15, -0.1) is 0 Å². The number of aliphatic carboxylic acids is 1. The molecule has 1 N–H and O–H groups in total. The molecule has 1 aliphatic rings. The van der Waals surface area contributed by atoms with E-state index in [1.807, 2.05) is 19.9 Å². The average Bonchev–Trinajstić information content (AvgIpc) is 2.91. The van der Waals surface area contributed by atoms with Gasteiger partial charge in [-0.1, -0.05) is 0 Å². The van der Waals surface area contributed by atoms with Gasteiger partial charge in [0, 0.05) is 6.54 Å². The maximum absolute atomic E-state index is 12.3. The first-order chi connectivity index (χ1) is 9.93. The first-order valence-corrected chi connectivity index (χ1v) is 6.85. The lowest BCUT2D eigenvalue weighted by molar-refractivity contribution is -0.160. The summed E-state index contributed by atoms with van der Waals surface area (Å²) in [4.78, 5) is 26.2. The molecule has 0 spiro atoms. The van der Waals surface area contributed by atoms with Gasteiger partial charge in [0.05, 0.1) is 25.9 Å². The van der Waals surface area contributed by atoms with Crippen LogP contribution in [0.15, 0.2) is 22.8 Å². The van der Waals surface area contributed by atoms with E-state index < -0.39 is 11.6 Å². The summed E-state index contributed by atoms with van der Waals surface area (Å²) in [7, 11) is 0. The summed E-state index contributed by atoms with van der Waals surface area (Å²) in [6, 6.07) is 3.52. The molecule has 2 rings (SSSR count). The molecule has 7 heteroatoms. The molecule has 0 aliphatic carbocycles. The van der Waals surface area contributed by atoms with Crippen molar-refractivity contribution in [2.75, 3.05) is 26.2 Å². The Hall–Kier alpha value is -2.02. The molecular weight excluding hydrogens is 276 g/mol. The predicted molar refractivity (Wildman–Crippen MR) is 73.8 cm³/mol. The van der Waals surface area contributed by atoms with E-state index in [9.17, 15) is 9.59 Å². The number of rotatable bonds is 6. The number of carbonyl (C=O) groups is 2. The summed E-state index contributed by atoms with van der Waals surface area (Å²) >= 11 is 0. The SMILES string of the molecule is CCN(Cc1ccco1)C(=O)N1CC(C)(OCC(=O)O)C1. The highest BCUT2D eigenvalue weighted by Gasteiger charge is 2.43. The summed E-state index contributed by atoms with van der Waals surface area (Å²) in [5.74, 6) is -0.274. The second-order valence-electron chi connectivity index (χ2n) is 5.36. The van der Waals surface area contributed by atoms with E-state index in [0.717, 1.165) is 5.76 Å². The maximum Gasteiger partial charge on any atom is 0.329 e. The largest absolute Gasteiger partial charge is 0.480 e. The number of ether oxygens (including phenoxy) is 1. The zero-order valence-electron chi connectivity index (χ0n) is 12.2. The Labute approximate surface area is 123 Å². The van der Waals surface area contributed by atoms with Gasteiger partial charge in [0.15, 0.2) is 0 Å². The molecule has 1 aromatic rings. The molecule has 0 radical (unpaired) electrons. The molecule has 0 unspecified atom stereocenters. The van der Waals surface area contributed by atoms with Gasteiger partial charge >= 0.3 is 12.0 Å². The summed E-state index contributed by atoms with van der Waals surface area (Å²) < 4.78 is 10.5. The van der Waals surface area contributed by atoms with Crippen molar-refractivity contribution in [2.24, 2.45) is 0 Å². The van der Waals surface area contributed by atoms with Gasteiger partial charge in [-0.3, -0.25) is 0 Å². The number of likely N-dealkylation sites (tertiary alicyclic amines) is 1. The van der Waals surface area contributed by atoms with Crippen molar-refractivity contribution in [1.29, 1.82) is 0 Å². The van der Waals surface area contributed by atoms with Crippen LogP contribution in [0.1, 0.15) is 19.6 Å². The highest BCUT2D eigenvalue weighted by atomic mass is 16.5. The highest BCUT2D eigenvalue weighted by molar-refractivity contribution is 5.75. The van der Waals surface area contributed by atoms with Crippen LogP contribution in [0.25, 0.3) is 0 Å².